The Kier molecular flexibility index (Phi) is 4.95. The number of rotatable bonds is 4. The fourth-order valence-corrected chi connectivity index (χ4v) is 1.54. The third kappa shape index (κ3) is 5.35. The van der Waals surface area contributed by atoms with Crippen LogP contribution >= 0.6 is 0 Å². The van der Waals surface area contributed by atoms with E-state index in [2.05, 4.69) is 10.6 Å². The molecule has 0 aromatic rings. The van der Waals surface area contributed by atoms with E-state index in [1.807, 2.05) is 0 Å². The predicted molar refractivity (Wildman–Crippen MR) is 66.2 cm³/mol. The summed E-state index contributed by atoms with van der Waals surface area (Å²) in [4.78, 5) is 22.7. The maximum Gasteiger partial charge on any atom is 0.407 e. The lowest BCUT2D eigenvalue weighted by Gasteiger charge is -2.22. The lowest BCUT2D eigenvalue weighted by atomic mass is 10.2. The van der Waals surface area contributed by atoms with Crippen molar-refractivity contribution in [3.63, 3.8) is 0 Å². The zero-order valence-corrected chi connectivity index (χ0v) is 11.4. The Labute approximate surface area is 107 Å². The Hall–Kier alpha value is -1.30. The van der Waals surface area contributed by atoms with E-state index in [9.17, 15) is 9.59 Å². The monoisotopic (exact) mass is 258 g/mol. The molecule has 2 N–H and O–H groups in total. The Morgan fingerprint density at radius 3 is 2.72 bits per heavy atom. The molecule has 1 heterocycles. The highest BCUT2D eigenvalue weighted by Gasteiger charge is 2.25. The van der Waals surface area contributed by atoms with E-state index in [1.54, 1.807) is 27.7 Å². The standard InChI is InChI=1S/C12H22N2O4/c1-8(14-11(16)18-12(2,3)4)7-17-9-5-6-13-10(9)15/h8-9H,5-7H2,1-4H3,(H,13,15)(H,14,16)/t8-,9+/m0/s1. The van der Waals surface area contributed by atoms with Crippen molar-refractivity contribution in [3.8, 4) is 0 Å². The number of alkyl carbamates (subject to hydrolysis) is 1. The molecule has 1 rings (SSSR count). The van der Waals surface area contributed by atoms with Crippen LogP contribution in [-0.4, -0.2) is 42.9 Å². The Bertz CT molecular complexity index is 312. The van der Waals surface area contributed by atoms with Crippen LogP contribution in [0.3, 0.4) is 0 Å². The lowest BCUT2D eigenvalue weighted by molar-refractivity contribution is -0.129. The molecule has 2 atom stereocenters. The number of amides is 2. The summed E-state index contributed by atoms with van der Waals surface area (Å²) in [7, 11) is 0. The first-order chi connectivity index (χ1) is 8.28. The van der Waals surface area contributed by atoms with Gasteiger partial charge in [0.15, 0.2) is 0 Å². The Morgan fingerprint density at radius 2 is 2.22 bits per heavy atom. The number of carbonyl (C=O) groups is 2. The molecular formula is C12H22N2O4. The van der Waals surface area contributed by atoms with E-state index in [0.717, 1.165) is 0 Å². The van der Waals surface area contributed by atoms with Crippen LogP contribution in [0.2, 0.25) is 0 Å². The Morgan fingerprint density at radius 1 is 1.56 bits per heavy atom. The average molecular weight is 258 g/mol. The van der Waals surface area contributed by atoms with Crippen molar-refractivity contribution in [2.75, 3.05) is 13.2 Å². The minimum absolute atomic E-state index is 0.0838. The van der Waals surface area contributed by atoms with Crippen LogP contribution in [-0.2, 0) is 14.3 Å². The largest absolute Gasteiger partial charge is 0.444 e. The van der Waals surface area contributed by atoms with Crippen LogP contribution in [0.1, 0.15) is 34.1 Å². The van der Waals surface area contributed by atoms with Crippen molar-refractivity contribution in [1.82, 2.24) is 10.6 Å². The molecule has 18 heavy (non-hydrogen) atoms. The summed E-state index contributed by atoms with van der Waals surface area (Å²) in [6.07, 6.45) is -0.194. The second kappa shape index (κ2) is 6.04. The number of hydrogen-bond donors (Lipinski definition) is 2. The molecule has 0 aromatic heterocycles. The van der Waals surface area contributed by atoms with Gasteiger partial charge >= 0.3 is 6.09 Å². The lowest BCUT2D eigenvalue weighted by Crippen LogP contribution is -2.41. The molecule has 0 spiro atoms. The highest BCUT2D eigenvalue weighted by molar-refractivity contribution is 5.82. The molecule has 0 saturated carbocycles. The van der Waals surface area contributed by atoms with E-state index in [1.165, 1.54) is 0 Å². The number of ether oxygens (including phenoxy) is 2. The molecule has 0 bridgehead atoms. The van der Waals surface area contributed by atoms with Gasteiger partial charge in [0.1, 0.15) is 11.7 Å². The molecule has 0 aromatic carbocycles. The van der Waals surface area contributed by atoms with Crippen molar-refractivity contribution in [2.45, 2.75) is 51.9 Å². The fraction of sp³-hybridized carbons (Fsp3) is 0.833. The minimum atomic E-state index is -0.518. The molecule has 0 radical (unpaired) electrons. The van der Waals surface area contributed by atoms with Crippen molar-refractivity contribution in [2.24, 2.45) is 0 Å². The van der Waals surface area contributed by atoms with Crippen LogP contribution in [0.15, 0.2) is 0 Å². The van der Waals surface area contributed by atoms with Gasteiger partial charge in [-0.3, -0.25) is 4.79 Å². The normalized spacial score (nSPS) is 21.3. The van der Waals surface area contributed by atoms with E-state index < -0.39 is 17.8 Å². The quantitative estimate of drug-likeness (QED) is 0.782. The molecule has 104 valence electrons. The Balaban J connectivity index is 2.23. The zero-order valence-electron chi connectivity index (χ0n) is 11.4. The van der Waals surface area contributed by atoms with Gasteiger partial charge in [0.25, 0.3) is 0 Å². The molecule has 0 aliphatic carbocycles. The second-order valence-electron chi connectivity index (χ2n) is 5.45. The molecule has 1 aliphatic rings. The van der Waals surface area contributed by atoms with Gasteiger partial charge in [0, 0.05) is 6.54 Å². The van der Waals surface area contributed by atoms with E-state index in [4.69, 9.17) is 9.47 Å². The molecule has 1 aliphatic heterocycles. The summed E-state index contributed by atoms with van der Waals surface area (Å²) >= 11 is 0. The van der Waals surface area contributed by atoms with Crippen LogP contribution in [0.5, 0.6) is 0 Å². The molecule has 2 amide bonds. The summed E-state index contributed by atoms with van der Waals surface area (Å²) in [5, 5.41) is 5.35. The third-order valence-electron chi connectivity index (χ3n) is 2.31. The van der Waals surface area contributed by atoms with Crippen molar-refractivity contribution in [3.05, 3.63) is 0 Å². The highest BCUT2D eigenvalue weighted by Crippen LogP contribution is 2.08. The fourth-order valence-electron chi connectivity index (χ4n) is 1.54. The smallest absolute Gasteiger partial charge is 0.407 e. The minimum Gasteiger partial charge on any atom is -0.444 e. The van der Waals surface area contributed by atoms with Crippen molar-refractivity contribution >= 4 is 12.0 Å². The zero-order chi connectivity index (χ0) is 13.8. The highest BCUT2D eigenvalue weighted by atomic mass is 16.6. The second-order valence-corrected chi connectivity index (χ2v) is 5.45. The van der Waals surface area contributed by atoms with Crippen LogP contribution < -0.4 is 10.6 Å². The summed E-state index contributed by atoms with van der Waals surface area (Å²) in [6.45, 7) is 8.15. The topological polar surface area (TPSA) is 76.7 Å². The molecule has 6 nitrogen and oxygen atoms in total. The number of nitrogens with one attached hydrogen (secondary N) is 2. The van der Waals surface area contributed by atoms with Gasteiger partial charge in [-0.2, -0.15) is 0 Å². The maximum atomic E-state index is 11.5. The molecule has 0 unspecified atom stereocenters. The van der Waals surface area contributed by atoms with Gasteiger partial charge in [-0.1, -0.05) is 0 Å². The van der Waals surface area contributed by atoms with Gasteiger partial charge in [-0.05, 0) is 34.1 Å². The SMILES string of the molecule is C[C@@H](CO[C@@H]1CCNC1=O)NC(=O)OC(C)(C)C. The first kappa shape index (κ1) is 14.8. The van der Waals surface area contributed by atoms with Gasteiger partial charge in [-0.25, -0.2) is 4.79 Å². The van der Waals surface area contributed by atoms with E-state index in [-0.39, 0.29) is 18.6 Å². The average Bonchev–Trinajstić information content (AvgIpc) is 2.57. The maximum absolute atomic E-state index is 11.5. The third-order valence-corrected chi connectivity index (χ3v) is 2.31. The summed E-state index contributed by atoms with van der Waals surface area (Å²) in [5.41, 5.74) is -0.518. The summed E-state index contributed by atoms with van der Waals surface area (Å²) in [6, 6.07) is -0.201. The van der Waals surface area contributed by atoms with Crippen molar-refractivity contribution in [1.29, 1.82) is 0 Å². The first-order valence-corrected chi connectivity index (χ1v) is 6.17. The van der Waals surface area contributed by atoms with Crippen molar-refractivity contribution < 1.29 is 19.1 Å². The van der Waals surface area contributed by atoms with E-state index in [0.29, 0.717) is 13.0 Å². The van der Waals surface area contributed by atoms with Gasteiger partial charge in [0.05, 0.1) is 12.6 Å². The molecule has 6 heteroatoms. The molecular weight excluding hydrogens is 236 g/mol. The van der Waals surface area contributed by atoms with Crippen LogP contribution in [0.4, 0.5) is 4.79 Å². The molecule has 1 fully saturated rings. The van der Waals surface area contributed by atoms with Crippen LogP contribution in [0.25, 0.3) is 0 Å². The van der Waals surface area contributed by atoms with Crippen LogP contribution in [0, 0.1) is 0 Å². The molecule has 1 saturated heterocycles. The van der Waals surface area contributed by atoms with Gasteiger partial charge in [0.2, 0.25) is 5.91 Å². The summed E-state index contributed by atoms with van der Waals surface area (Å²) in [5.74, 6) is -0.0838. The van der Waals surface area contributed by atoms with Gasteiger partial charge < -0.3 is 20.1 Å². The number of hydrogen-bond acceptors (Lipinski definition) is 4. The summed E-state index contributed by atoms with van der Waals surface area (Å²) < 4.78 is 10.5. The number of carbonyl (C=O) groups excluding carboxylic acids is 2. The van der Waals surface area contributed by atoms with Gasteiger partial charge in [-0.15, -0.1) is 0 Å². The predicted octanol–water partition coefficient (Wildman–Crippen LogP) is 0.805. The first-order valence-electron chi connectivity index (χ1n) is 6.17. The van der Waals surface area contributed by atoms with E-state index >= 15 is 0 Å².